The number of aromatic nitrogens is 4. The van der Waals surface area contributed by atoms with Crippen molar-refractivity contribution in [3.8, 4) is 0 Å². The van der Waals surface area contributed by atoms with Crippen molar-refractivity contribution in [3.05, 3.63) is 81.4 Å². The van der Waals surface area contributed by atoms with Crippen LogP contribution in [0.3, 0.4) is 0 Å². The minimum absolute atomic E-state index is 0.221. The SMILES string of the molecule is NOS(=O)(=O)c1ccc2c(c1)nc1c3ccc4c5c(ccc(c(=O)n21)c35)c(=O)n1c2ccc(S(=O)(=O)ON)cc2nc41. The first kappa shape index (κ1) is 24.9. The topological polar surface area (TPSA) is 208 Å². The van der Waals surface area contributed by atoms with Crippen molar-refractivity contribution in [3.63, 3.8) is 0 Å². The van der Waals surface area contributed by atoms with Gasteiger partial charge in [0.15, 0.2) is 0 Å². The Morgan fingerprint density at radius 1 is 0.571 bits per heavy atom. The third-order valence-corrected chi connectivity index (χ3v) is 9.76. The summed E-state index contributed by atoms with van der Waals surface area (Å²) in [6.07, 6.45) is 0. The number of nitrogens with two attached hydrogens (primary N) is 2. The van der Waals surface area contributed by atoms with Crippen molar-refractivity contribution in [1.82, 2.24) is 18.8 Å². The maximum atomic E-state index is 13.8. The Morgan fingerprint density at radius 2 is 0.952 bits per heavy atom. The molecule has 4 heterocycles. The predicted octanol–water partition coefficient (Wildman–Crippen LogP) is 1.50. The van der Waals surface area contributed by atoms with Gasteiger partial charge in [-0.3, -0.25) is 18.4 Å². The number of hydrogen-bond donors (Lipinski definition) is 2. The van der Waals surface area contributed by atoms with E-state index in [0.717, 1.165) is 0 Å². The maximum absolute atomic E-state index is 13.8. The normalized spacial score (nSPS) is 13.3. The Morgan fingerprint density at radius 3 is 1.33 bits per heavy atom. The Bertz CT molecular complexity index is 2650. The molecule has 0 spiro atoms. The van der Waals surface area contributed by atoms with E-state index in [-0.39, 0.29) is 32.1 Å². The number of nitrogens with zero attached hydrogens (tertiary/aromatic N) is 4. The molecule has 0 fully saturated rings. The van der Waals surface area contributed by atoms with Crippen LogP contribution >= 0.6 is 0 Å². The van der Waals surface area contributed by atoms with E-state index in [1.54, 1.807) is 24.3 Å². The standard InChI is InChI=1S/C26H14N6O8S2/c27-39-41(35,36)11-1-7-19-17(9-11)29-23-13-3-4-14-22-16(6-5-15(21(13)22)25(33)31(19)23)26(34)32-20-8-2-12(42(37,38)40-28)10-18(20)30-24(14)32/h1-10H,27-28H2. The van der Waals surface area contributed by atoms with E-state index in [1.165, 1.54) is 45.2 Å². The lowest BCUT2D eigenvalue weighted by atomic mass is 9.96. The number of imidazole rings is 2. The van der Waals surface area contributed by atoms with Crippen molar-refractivity contribution >= 4 is 85.9 Å². The molecule has 0 atom stereocenters. The zero-order chi connectivity index (χ0) is 29.3. The van der Waals surface area contributed by atoms with Crippen LogP contribution in [0.4, 0.5) is 0 Å². The van der Waals surface area contributed by atoms with Crippen LogP contribution in [0.5, 0.6) is 0 Å². The quantitative estimate of drug-likeness (QED) is 0.217. The Balaban J connectivity index is 1.53. The van der Waals surface area contributed by atoms with E-state index in [9.17, 15) is 26.4 Å². The van der Waals surface area contributed by atoms with Crippen LogP contribution in [0.25, 0.3) is 65.7 Å². The van der Waals surface area contributed by atoms with Gasteiger partial charge in [0.25, 0.3) is 11.1 Å². The molecule has 4 aromatic carbocycles. The Labute approximate surface area is 232 Å². The molecular formula is C26H14N6O8S2. The predicted molar refractivity (Wildman–Crippen MR) is 151 cm³/mol. The van der Waals surface area contributed by atoms with E-state index in [4.69, 9.17) is 11.8 Å². The zero-order valence-corrected chi connectivity index (χ0v) is 22.4. The van der Waals surface area contributed by atoms with Crippen molar-refractivity contribution in [2.24, 2.45) is 11.8 Å². The fourth-order valence-electron chi connectivity index (χ4n) is 5.78. The van der Waals surface area contributed by atoms with Crippen LogP contribution in [0.15, 0.2) is 80.0 Å². The molecular weight excluding hydrogens is 588 g/mol. The van der Waals surface area contributed by atoms with E-state index < -0.39 is 31.4 Å². The summed E-state index contributed by atoms with van der Waals surface area (Å²) >= 11 is 0. The lowest BCUT2D eigenvalue weighted by Gasteiger charge is -2.12. The summed E-state index contributed by atoms with van der Waals surface area (Å²) in [7, 11) is -8.43. The zero-order valence-electron chi connectivity index (χ0n) is 20.8. The molecule has 208 valence electrons. The van der Waals surface area contributed by atoms with E-state index >= 15 is 0 Å². The van der Waals surface area contributed by atoms with Gasteiger partial charge in [0, 0.05) is 32.3 Å². The van der Waals surface area contributed by atoms with Gasteiger partial charge < -0.3 is 0 Å². The molecule has 0 bridgehead atoms. The van der Waals surface area contributed by atoms with Gasteiger partial charge in [-0.2, -0.15) is 37.2 Å². The second-order valence-corrected chi connectivity index (χ2v) is 12.8. The maximum Gasteiger partial charge on any atom is 0.312 e. The largest absolute Gasteiger partial charge is 0.312 e. The molecule has 0 radical (unpaired) electrons. The van der Waals surface area contributed by atoms with Crippen LogP contribution in [0.1, 0.15) is 0 Å². The molecule has 0 amide bonds. The highest BCUT2D eigenvalue weighted by Crippen LogP contribution is 2.37. The van der Waals surface area contributed by atoms with Crippen molar-refractivity contribution < 1.29 is 25.4 Å². The number of benzene rings is 4. The second kappa shape index (κ2) is 7.91. The number of fused-ring (bicyclic) bond motifs is 8. The minimum Gasteiger partial charge on any atom is -0.268 e. The summed E-state index contributed by atoms with van der Waals surface area (Å²) in [6.45, 7) is 0. The highest BCUT2D eigenvalue weighted by atomic mass is 32.2. The summed E-state index contributed by atoms with van der Waals surface area (Å²) in [4.78, 5) is 36.4. The molecule has 8 aromatic rings. The summed E-state index contributed by atoms with van der Waals surface area (Å²) in [5.74, 6) is 9.84. The average Bonchev–Trinajstić information content (AvgIpc) is 3.57. The first-order valence-corrected chi connectivity index (χ1v) is 14.9. The first-order chi connectivity index (χ1) is 20.1. The van der Waals surface area contributed by atoms with E-state index in [1.807, 2.05) is 0 Å². The van der Waals surface area contributed by atoms with Gasteiger partial charge >= 0.3 is 20.2 Å². The van der Waals surface area contributed by atoms with Gasteiger partial charge in [0.2, 0.25) is 0 Å². The van der Waals surface area contributed by atoms with Gasteiger partial charge in [-0.25, -0.2) is 9.97 Å². The van der Waals surface area contributed by atoms with Crippen LogP contribution in [-0.4, -0.2) is 35.6 Å². The molecule has 0 unspecified atom stereocenters. The van der Waals surface area contributed by atoms with Crippen molar-refractivity contribution in [2.75, 3.05) is 0 Å². The summed E-state index contributed by atoms with van der Waals surface area (Å²) < 4.78 is 59.6. The third kappa shape index (κ3) is 2.99. The molecule has 0 saturated heterocycles. The molecule has 16 heteroatoms. The van der Waals surface area contributed by atoms with Crippen molar-refractivity contribution in [2.45, 2.75) is 9.79 Å². The molecule has 42 heavy (non-hydrogen) atoms. The van der Waals surface area contributed by atoms with Gasteiger partial charge in [0.1, 0.15) is 11.3 Å². The van der Waals surface area contributed by atoms with Crippen molar-refractivity contribution in [1.29, 1.82) is 0 Å². The van der Waals surface area contributed by atoms with Gasteiger partial charge in [-0.05, 0) is 60.7 Å². The molecule has 4 aromatic heterocycles. The molecule has 0 saturated carbocycles. The van der Waals surface area contributed by atoms with Crippen LogP contribution in [0.2, 0.25) is 0 Å². The van der Waals surface area contributed by atoms with Crippen LogP contribution in [-0.2, 0) is 28.8 Å². The fraction of sp³-hybridized carbons (Fsp3) is 0. The number of hydrogen-bond acceptors (Lipinski definition) is 12. The first-order valence-electron chi connectivity index (χ1n) is 12.1. The molecule has 0 aliphatic carbocycles. The fourth-order valence-corrected chi connectivity index (χ4v) is 6.98. The van der Waals surface area contributed by atoms with Gasteiger partial charge in [0.05, 0.1) is 31.9 Å². The van der Waals surface area contributed by atoms with Gasteiger partial charge in [-0.1, -0.05) is 0 Å². The highest BCUT2D eigenvalue weighted by Gasteiger charge is 2.24. The third-order valence-electron chi connectivity index (χ3n) is 7.59. The summed E-state index contributed by atoms with van der Waals surface area (Å²) in [5.41, 5.74) is 0.869. The molecule has 0 aliphatic rings. The molecule has 4 N–H and O–H groups in total. The summed E-state index contributed by atoms with van der Waals surface area (Å²) in [5, 5.41) is 2.69. The van der Waals surface area contributed by atoms with E-state index in [2.05, 4.69) is 18.5 Å². The smallest absolute Gasteiger partial charge is 0.268 e. The Hall–Kier alpha value is -4.84. The Kier molecular flexibility index (Phi) is 4.69. The minimum atomic E-state index is -4.21. The van der Waals surface area contributed by atoms with Gasteiger partial charge in [-0.15, -0.1) is 0 Å². The lowest BCUT2D eigenvalue weighted by Crippen LogP contribution is -2.16. The summed E-state index contributed by atoms with van der Waals surface area (Å²) in [6, 6.07) is 14.6. The average molecular weight is 603 g/mol. The number of rotatable bonds is 4. The molecule has 0 aliphatic heterocycles. The van der Waals surface area contributed by atoms with Crippen LogP contribution in [0, 0.1) is 0 Å². The number of pyridine rings is 2. The molecule has 14 nitrogen and oxygen atoms in total. The molecule has 8 rings (SSSR count). The lowest BCUT2D eigenvalue weighted by molar-refractivity contribution is 0.332. The monoisotopic (exact) mass is 602 g/mol. The highest BCUT2D eigenvalue weighted by molar-refractivity contribution is 7.87. The van der Waals surface area contributed by atoms with Crippen LogP contribution < -0.4 is 22.9 Å². The van der Waals surface area contributed by atoms with E-state index in [0.29, 0.717) is 43.4 Å². The second-order valence-electron chi connectivity index (χ2n) is 9.63.